The summed E-state index contributed by atoms with van der Waals surface area (Å²) in [5.41, 5.74) is 1.11. The van der Waals surface area contributed by atoms with Gasteiger partial charge in [-0.3, -0.25) is 18.7 Å². The number of anilines is 1. The van der Waals surface area contributed by atoms with E-state index in [1.807, 2.05) is 24.3 Å². The highest BCUT2D eigenvalue weighted by molar-refractivity contribution is 5.93. The maximum Gasteiger partial charge on any atom is 0.332 e. The van der Waals surface area contributed by atoms with E-state index < -0.39 is 11.2 Å². The number of nitrogens with zero attached hydrogens (tertiary/aromatic N) is 6. The third kappa shape index (κ3) is 2.76. The molecule has 1 aromatic carbocycles. The van der Waals surface area contributed by atoms with E-state index in [9.17, 15) is 14.4 Å². The van der Waals surface area contributed by atoms with Crippen molar-refractivity contribution in [1.82, 2.24) is 29.1 Å². The van der Waals surface area contributed by atoms with Gasteiger partial charge in [0, 0.05) is 14.1 Å². The average molecular weight is 365 g/mol. The van der Waals surface area contributed by atoms with Gasteiger partial charge in [0.25, 0.3) is 5.56 Å². The predicted octanol–water partition coefficient (Wildman–Crippen LogP) is 0.0156. The van der Waals surface area contributed by atoms with Crippen LogP contribution in [0, 0.1) is 0 Å². The molecular weight excluding hydrogens is 350 g/mol. The molecule has 0 spiro atoms. The van der Waals surface area contributed by atoms with Gasteiger partial charge in [0.2, 0.25) is 5.91 Å². The lowest BCUT2D eigenvalue weighted by Gasteiger charge is -2.09. The number of para-hydroxylation sites is 1. The number of aryl methyl sites for hydroxylation is 1. The number of carbonyl (C=O) groups is 1. The average Bonchev–Trinajstić information content (AvgIpc) is 3.07. The molecule has 0 aliphatic heterocycles. The molecular formula is C17H15N7O3. The van der Waals surface area contributed by atoms with Crippen LogP contribution in [0.25, 0.3) is 22.1 Å². The Morgan fingerprint density at radius 3 is 2.74 bits per heavy atom. The molecule has 1 amide bonds. The number of amides is 1. The first-order valence-corrected chi connectivity index (χ1v) is 8.09. The molecule has 0 radical (unpaired) electrons. The number of nitrogens with one attached hydrogen (secondary N) is 1. The molecule has 4 aromatic rings. The summed E-state index contributed by atoms with van der Waals surface area (Å²) in [5.74, 6) is -0.339. The van der Waals surface area contributed by atoms with E-state index >= 15 is 0 Å². The summed E-state index contributed by atoms with van der Waals surface area (Å²) in [5, 5.41) is 10.9. The fourth-order valence-corrected chi connectivity index (χ4v) is 2.90. The summed E-state index contributed by atoms with van der Waals surface area (Å²) in [7, 11) is 2.93. The van der Waals surface area contributed by atoms with E-state index in [-0.39, 0.29) is 23.5 Å². The Hall–Kier alpha value is -3.82. The Morgan fingerprint density at radius 2 is 1.93 bits per heavy atom. The number of fused-ring (bicyclic) bond motifs is 2. The van der Waals surface area contributed by atoms with Crippen molar-refractivity contribution in [2.45, 2.75) is 6.54 Å². The van der Waals surface area contributed by atoms with Crippen LogP contribution >= 0.6 is 0 Å². The molecule has 0 bridgehead atoms. The van der Waals surface area contributed by atoms with Gasteiger partial charge in [-0.15, -0.1) is 5.10 Å². The lowest BCUT2D eigenvalue weighted by atomic mass is 10.3. The zero-order valence-corrected chi connectivity index (χ0v) is 14.6. The Morgan fingerprint density at radius 1 is 1.15 bits per heavy atom. The van der Waals surface area contributed by atoms with Gasteiger partial charge in [-0.1, -0.05) is 17.3 Å². The van der Waals surface area contributed by atoms with E-state index in [1.165, 1.54) is 35.6 Å². The maximum absolute atomic E-state index is 12.4. The first-order valence-electron chi connectivity index (χ1n) is 8.09. The number of carbonyl (C=O) groups excluding carboxylic acids is 1. The standard InChI is InChI=1S/C17H15N7O3/c1-22-15-11(16(26)23(2)17(22)27)7-10(8-18-15)19-14(25)9-24-13-6-4-3-5-12(13)20-21-24/h3-8H,9H2,1-2H3,(H,19,25). The van der Waals surface area contributed by atoms with Crippen LogP contribution in [0.15, 0.2) is 46.1 Å². The molecule has 1 N–H and O–H groups in total. The van der Waals surface area contributed by atoms with Crippen LogP contribution < -0.4 is 16.6 Å². The van der Waals surface area contributed by atoms with E-state index in [1.54, 1.807) is 0 Å². The first-order chi connectivity index (χ1) is 13.0. The minimum atomic E-state index is -0.473. The second-order valence-corrected chi connectivity index (χ2v) is 6.08. The third-order valence-corrected chi connectivity index (χ3v) is 4.29. The molecule has 0 saturated heterocycles. The topological polar surface area (TPSA) is 117 Å². The molecule has 3 aromatic heterocycles. The third-order valence-electron chi connectivity index (χ3n) is 4.29. The number of pyridine rings is 1. The number of rotatable bonds is 3. The second-order valence-electron chi connectivity index (χ2n) is 6.08. The lowest BCUT2D eigenvalue weighted by molar-refractivity contribution is -0.116. The molecule has 10 heteroatoms. The number of hydrogen-bond acceptors (Lipinski definition) is 6. The van der Waals surface area contributed by atoms with Crippen molar-refractivity contribution < 1.29 is 4.79 Å². The zero-order valence-electron chi connectivity index (χ0n) is 14.6. The van der Waals surface area contributed by atoms with Crippen LogP contribution in [0.3, 0.4) is 0 Å². The number of hydrogen-bond donors (Lipinski definition) is 1. The lowest BCUT2D eigenvalue weighted by Crippen LogP contribution is -2.37. The van der Waals surface area contributed by atoms with Crippen LogP contribution in [0.4, 0.5) is 5.69 Å². The highest BCUT2D eigenvalue weighted by Gasteiger charge is 2.13. The van der Waals surface area contributed by atoms with Crippen LogP contribution in [0.2, 0.25) is 0 Å². The summed E-state index contributed by atoms with van der Waals surface area (Å²) in [4.78, 5) is 40.8. The van der Waals surface area contributed by atoms with Gasteiger partial charge in [0.05, 0.1) is 22.8 Å². The first kappa shape index (κ1) is 16.6. The normalized spacial score (nSPS) is 11.2. The highest BCUT2D eigenvalue weighted by Crippen LogP contribution is 2.13. The van der Waals surface area contributed by atoms with Crippen molar-refractivity contribution in [3.63, 3.8) is 0 Å². The van der Waals surface area contributed by atoms with E-state index in [4.69, 9.17) is 0 Å². The van der Waals surface area contributed by atoms with Gasteiger partial charge >= 0.3 is 5.69 Å². The van der Waals surface area contributed by atoms with E-state index in [0.717, 1.165) is 10.1 Å². The second kappa shape index (κ2) is 6.16. The van der Waals surface area contributed by atoms with Crippen molar-refractivity contribution in [3.8, 4) is 0 Å². The van der Waals surface area contributed by atoms with Gasteiger partial charge in [0.15, 0.2) is 0 Å². The van der Waals surface area contributed by atoms with Gasteiger partial charge < -0.3 is 5.32 Å². The van der Waals surface area contributed by atoms with Crippen LogP contribution in [-0.4, -0.2) is 35.0 Å². The monoisotopic (exact) mass is 365 g/mol. The van der Waals surface area contributed by atoms with Gasteiger partial charge in [-0.05, 0) is 18.2 Å². The predicted molar refractivity (Wildman–Crippen MR) is 98.4 cm³/mol. The molecule has 0 saturated carbocycles. The fourth-order valence-electron chi connectivity index (χ4n) is 2.90. The molecule has 0 fully saturated rings. The van der Waals surface area contributed by atoms with Crippen LogP contribution in [-0.2, 0) is 25.4 Å². The Balaban J connectivity index is 1.64. The van der Waals surface area contributed by atoms with Crippen molar-refractivity contribution in [2.75, 3.05) is 5.32 Å². The largest absolute Gasteiger partial charge is 0.332 e. The Kier molecular flexibility index (Phi) is 3.80. The van der Waals surface area contributed by atoms with E-state index in [0.29, 0.717) is 11.2 Å². The quantitative estimate of drug-likeness (QED) is 0.547. The zero-order chi connectivity index (χ0) is 19.1. The number of benzene rings is 1. The summed E-state index contributed by atoms with van der Waals surface area (Å²) in [6, 6.07) is 8.82. The van der Waals surface area contributed by atoms with Gasteiger partial charge in [0.1, 0.15) is 17.7 Å². The molecule has 4 rings (SSSR count). The van der Waals surface area contributed by atoms with Crippen molar-refractivity contribution in [2.24, 2.45) is 14.1 Å². The minimum absolute atomic E-state index is 0.0379. The van der Waals surface area contributed by atoms with Crippen molar-refractivity contribution in [3.05, 3.63) is 57.4 Å². The Labute approximate surface area is 151 Å². The Bertz CT molecular complexity index is 1320. The van der Waals surface area contributed by atoms with Gasteiger partial charge in [-0.25, -0.2) is 14.5 Å². The molecule has 10 nitrogen and oxygen atoms in total. The van der Waals surface area contributed by atoms with Crippen LogP contribution in [0.1, 0.15) is 0 Å². The minimum Gasteiger partial charge on any atom is -0.323 e. The van der Waals surface area contributed by atoms with E-state index in [2.05, 4.69) is 20.6 Å². The van der Waals surface area contributed by atoms with Gasteiger partial charge in [-0.2, -0.15) is 0 Å². The molecule has 3 heterocycles. The summed E-state index contributed by atoms with van der Waals surface area (Å²) >= 11 is 0. The fraction of sp³-hybridized carbons (Fsp3) is 0.176. The molecule has 136 valence electrons. The van der Waals surface area contributed by atoms with Crippen molar-refractivity contribution >= 4 is 33.7 Å². The van der Waals surface area contributed by atoms with Crippen LogP contribution in [0.5, 0.6) is 0 Å². The smallest absolute Gasteiger partial charge is 0.323 e. The summed E-state index contributed by atoms with van der Waals surface area (Å²) < 4.78 is 3.77. The molecule has 0 atom stereocenters. The number of aromatic nitrogens is 6. The van der Waals surface area contributed by atoms with Crippen molar-refractivity contribution in [1.29, 1.82) is 0 Å². The maximum atomic E-state index is 12.4. The molecule has 27 heavy (non-hydrogen) atoms. The highest BCUT2D eigenvalue weighted by atomic mass is 16.2. The molecule has 0 aliphatic rings. The SMILES string of the molecule is Cn1c(=O)c2cc(NC(=O)Cn3nnc4ccccc43)cnc2n(C)c1=O. The molecule has 0 aliphatic carbocycles. The molecule has 0 unspecified atom stereocenters. The summed E-state index contributed by atoms with van der Waals surface area (Å²) in [6.07, 6.45) is 1.40. The summed E-state index contributed by atoms with van der Waals surface area (Å²) in [6.45, 7) is -0.0379.